The summed E-state index contributed by atoms with van der Waals surface area (Å²) >= 11 is 1.78. The third-order valence-corrected chi connectivity index (χ3v) is 4.64. The van der Waals surface area contributed by atoms with Gasteiger partial charge in [-0.1, -0.05) is 6.92 Å². The topological polar surface area (TPSA) is 45.1 Å². The molecule has 1 fully saturated rings. The molecule has 1 aliphatic rings. The zero-order valence-electron chi connectivity index (χ0n) is 11.7. The Hall–Kier alpha value is -1.39. The smallest absolute Gasteiger partial charge is 0.123 e. The fourth-order valence-corrected chi connectivity index (χ4v) is 3.39. The summed E-state index contributed by atoms with van der Waals surface area (Å²) in [6, 6.07) is 7.33. The highest BCUT2D eigenvalue weighted by Gasteiger charge is 2.29. The van der Waals surface area contributed by atoms with E-state index in [1.54, 1.807) is 23.5 Å². The quantitative estimate of drug-likeness (QED) is 0.793. The van der Waals surface area contributed by atoms with E-state index in [0.717, 1.165) is 30.1 Å². The Morgan fingerprint density at radius 2 is 2.05 bits per heavy atom. The van der Waals surface area contributed by atoms with Crippen LogP contribution in [0.4, 0.5) is 0 Å². The van der Waals surface area contributed by atoms with Gasteiger partial charge in [-0.25, -0.2) is 4.98 Å². The second-order valence-corrected chi connectivity index (χ2v) is 6.41. The minimum Gasteiger partial charge on any atom is -0.508 e. The van der Waals surface area contributed by atoms with Crippen LogP contribution in [-0.2, 0) is 6.54 Å². The molecule has 0 bridgehead atoms. The number of hydrogen-bond acceptors (Lipinski definition) is 4. The van der Waals surface area contributed by atoms with E-state index in [0.29, 0.717) is 11.7 Å². The number of aromatic hydroxyl groups is 1. The fourth-order valence-electron chi connectivity index (χ4n) is 2.27. The number of hydrogen-bond donors (Lipinski definition) is 2. The Labute approximate surface area is 123 Å². The Balaban J connectivity index is 1.84. The van der Waals surface area contributed by atoms with Gasteiger partial charge in [-0.15, -0.1) is 11.3 Å². The Kier molecular flexibility index (Phi) is 4.03. The van der Waals surface area contributed by atoms with Crippen LogP contribution in [0.25, 0.3) is 10.6 Å². The van der Waals surface area contributed by atoms with Gasteiger partial charge in [0.25, 0.3) is 0 Å². The molecule has 0 amide bonds. The van der Waals surface area contributed by atoms with Crippen molar-refractivity contribution in [2.75, 3.05) is 6.54 Å². The van der Waals surface area contributed by atoms with Gasteiger partial charge in [-0.3, -0.25) is 0 Å². The standard InChI is InChI=1S/C16H20N2OS/c1-2-9-17-10-14-15(11-3-4-11)18-16(20-14)12-5-7-13(19)8-6-12/h5-8,11,17,19H,2-4,9-10H2,1H3. The zero-order chi connectivity index (χ0) is 13.9. The first kappa shape index (κ1) is 13.6. The van der Waals surface area contributed by atoms with Gasteiger partial charge in [0.2, 0.25) is 0 Å². The highest BCUT2D eigenvalue weighted by atomic mass is 32.1. The number of phenolic OH excluding ortho intramolecular Hbond substituents is 1. The van der Waals surface area contributed by atoms with Gasteiger partial charge in [0.1, 0.15) is 10.8 Å². The summed E-state index contributed by atoms with van der Waals surface area (Å²) in [6.45, 7) is 4.16. The zero-order valence-corrected chi connectivity index (χ0v) is 12.5. The molecular weight excluding hydrogens is 268 g/mol. The summed E-state index contributed by atoms with van der Waals surface area (Å²) < 4.78 is 0. The van der Waals surface area contributed by atoms with E-state index >= 15 is 0 Å². The van der Waals surface area contributed by atoms with Crippen molar-refractivity contribution < 1.29 is 5.11 Å². The van der Waals surface area contributed by atoms with Gasteiger partial charge < -0.3 is 10.4 Å². The molecule has 0 saturated heterocycles. The van der Waals surface area contributed by atoms with Crippen LogP contribution in [0.5, 0.6) is 5.75 Å². The Morgan fingerprint density at radius 1 is 1.30 bits per heavy atom. The van der Waals surface area contributed by atoms with Crippen LogP contribution >= 0.6 is 11.3 Å². The van der Waals surface area contributed by atoms with Crippen LogP contribution < -0.4 is 5.32 Å². The van der Waals surface area contributed by atoms with Gasteiger partial charge in [0.05, 0.1) is 5.69 Å². The number of phenols is 1. The molecule has 0 spiro atoms. The van der Waals surface area contributed by atoms with E-state index in [1.165, 1.54) is 23.4 Å². The summed E-state index contributed by atoms with van der Waals surface area (Å²) in [5, 5.41) is 13.9. The van der Waals surface area contributed by atoms with Crippen LogP contribution in [-0.4, -0.2) is 16.6 Å². The molecule has 3 rings (SSSR count). The first-order valence-corrected chi connectivity index (χ1v) is 8.09. The molecule has 1 heterocycles. The monoisotopic (exact) mass is 288 g/mol. The lowest BCUT2D eigenvalue weighted by atomic mass is 10.2. The average Bonchev–Trinajstić information content (AvgIpc) is 3.21. The summed E-state index contributed by atoms with van der Waals surface area (Å²) in [5.74, 6) is 0.980. The highest BCUT2D eigenvalue weighted by molar-refractivity contribution is 7.15. The number of aromatic nitrogens is 1. The highest BCUT2D eigenvalue weighted by Crippen LogP contribution is 2.44. The summed E-state index contributed by atoms with van der Waals surface area (Å²) in [6.07, 6.45) is 3.71. The van der Waals surface area contributed by atoms with Crippen molar-refractivity contribution in [2.45, 2.75) is 38.6 Å². The van der Waals surface area contributed by atoms with E-state index in [1.807, 2.05) is 12.1 Å². The molecule has 1 aromatic carbocycles. The van der Waals surface area contributed by atoms with E-state index < -0.39 is 0 Å². The molecule has 4 heteroatoms. The van der Waals surface area contributed by atoms with Crippen LogP contribution in [0.3, 0.4) is 0 Å². The van der Waals surface area contributed by atoms with Crippen LogP contribution in [0, 0.1) is 0 Å². The minimum absolute atomic E-state index is 0.303. The first-order valence-electron chi connectivity index (χ1n) is 7.27. The van der Waals surface area contributed by atoms with Gasteiger partial charge >= 0.3 is 0 Å². The minimum atomic E-state index is 0.303. The van der Waals surface area contributed by atoms with Crippen LogP contribution in [0.15, 0.2) is 24.3 Å². The second kappa shape index (κ2) is 5.94. The molecule has 20 heavy (non-hydrogen) atoms. The number of rotatable bonds is 6. The average molecular weight is 288 g/mol. The maximum absolute atomic E-state index is 9.38. The lowest BCUT2D eigenvalue weighted by molar-refractivity contribution is 0.475. The summed E-state index contributed by atoms with van der Waals surface area (Å²) in [7, 11) is 0. The molecule has 3 nitrogen and oxygen atoms in total. The second-order valence-electron chi connectivity index (χ2n) is 5.33. The predicted molar refractivity (Wildman–Crippen MR) is 83.2 cm³/mol. The van der Waals surface area contributed by atoms with Crippen molar-refractivity contribution >= 4 is 11.3 Å². The maximum Gasteiger partial charge on any atom is 0.123 e. The van der Waals surface area contributed by atoms with Crippen molar-refractivity contribution in [3.8, 4) is 16.3 Å². The number of thiazole rings is 1. The van der Waals surface area contributed by atoms with E-state index in [2.05, 4.69) is 12.2 Å². The van der Waals surface area contributed by atoms with Gasteiger partial charge in [0, 0.05) is 22.9 Å². The Bertz CT molecular complexity index is 573. The SMILES string of the molecule is CCCNCc1sc(-c2ccc(O)cc2)nc1C1CC1. The van der Waals surface area contributed by atoms with Gasteiger partial charge in [0.15, 0.2) is 0 Å². The molecule has 1 aliphatic carbocycles. The molecule has 0 aliphatic heterocycles. The van der Waals surface area contributed by atoms with Gasteiger partial charge in [-0.2, -0.15) is 0 Å². The molecular formula is C16H20N2OS. The largest absolute Gasteiger partial charge is 0.508 e. The van der Waals surface area contributed by atoms with Crippen LogP contribution in [0.2, 0.25) is 0 Å². The van der Waals surface area contributed by atoms with Crippen molar-refractivity contribution in [1.82, 2.24) is 10.3 Å². The number of nitrogens with zero attached hydrogens (tertiary/aromatic N) is 1. The van der Waals surface area contributed by atoms with Crippen molar-refractivity contribution in [3.63, 3.8) is 0 Å². The molecule has 0 atom stereocenters. The van der Waals surface area contributed by atoms with E-state index in [-0.39, 0.29) is 0 Å². The molecule has 2 aromatic rings. The Morgan fingerprint density at radius 3 is 2.70 bits per heavy atom. The van der Waals surface area contributed by atoms with Crippen molar-refractivity contribution in [3.05, 3.63) is 34.8 Å². The summed E-state index contributed by atoms with van der Waals surface area (Å²) in [5.41, 5.74) is 2.39. The lowest BCUT2D eigenvalue weighted by Gasteiger charge is -2.01. The van der Waals surface area contributed by atoms with E-state index in [4.69, 9.17) is 4.98 Å². The lowest BCUT2D eigenvalue weighted by Crippen LogP contribution is -2.13. The fraction of sp³-hybridized carbons (Fsp3) is 0.438. The molecule has 2 N–H and O–H groups in total. The third-order valence-electron chi connectivity index (χ3n) is 3.52. The molecule has 0 unspecified atom stereocenters. The predicted octanol–water partition coefficient (Wildman–Crippen LogP) is 3.89. The van der Waals surface area contributed by atoms with Crippen LogP contribution in [0.1, 0.15) is 42.7 Å². The van der Waals surface area contributed by atoms with Crippen molar-refractivity contribution in [1.29, 1.82) is 0 Å². The number of benzene rings is 1. The third kappa shape index (κ3) is 3.02. The molecule has 1 saturated carbocycles. The molecule has 0 radical (unpaired) electrons. The number of nitrogens with one attached hydrogen (secondary N) is 1. The van der Waals surface area contributed by atoms with E-state index in [9.17, 15) is 5.11 Å². The van der Waals surface area contributed by atoms with Gasteiger partial charge in [-0.05, 0) is 50.1 Å². The molecule has 1 aromatic heterocycles. The first-order chi connectivity index (χ1) is 9.78. The van der Waals surface area contributed by atoms with Crippen molar-refractivity contribution in [2.24, 2.45) is 0 Å². The normalized spacial score (nSPS) is 14.7. The maximum atomic E-state index is 9.38. The molecule has 106 valence electrons. The summed E-state index contributed by atoms with van der Waals surface area (Å²) in [4.78, 5) is 6.23.